The first-order valence-electron chi connectivity index (χ1n) is 10.7. The van der Waals surface area contributed by atoms with Crippen LogP contribution in [-0.4, -0.2) is 44.7 Å². The summed E-state index contributed by atoms with van der Waals surface area (Å²) in [7, 11) is 0. The van der Waals surface area contributed by atoms with Gasteiger partial charge in [0.05, 0.1) is 38.5 Å². The fourth-order valence-electron chi connectivity index (χ4n) is 4.00. The van der Waals surface area contributed by atoms with Gasteiger partial charge in [0.2, 0.25) is 0 Å². The van der Waals surface area contributed by atoms with Crippen molar-refractivity contribution in [2.45, 2.75) is 39.7 Å². The van der Waals surface area contributed by atoms with Gasteiger partial charge in [-0.3, -0.25) is 4.79 Å². The van der Waals surface area contributed by atoms with Crippen molar-refractivity contribution in [3.63, 3.8) is 0 Å². The Balaban J connectivity index is 1.60. The number of carbonyl (C=O) groups is 1. The van der Waals surface area contributed by atoms with Crippen molar-refractivity contribution < 1.29 is 14.4 Å². The molecule has 0 radical (unpaired) electrons. The van der Waals surface area contributed by atoms with Crippen LogP contribution in [0.2, 0.25) is 0 Å². The molecule has 0 aromatic heterocycles. The summed E-state index contributed by atoms with van der Waals surface area (Å²) in [6, 6.07) is 16.2. The third-order valence-corrected chi connectivity index (χ3v) is 5.76. The smallest absolute Gasteiger partial charge is 0.282 e. The van der Waals surface area contributed by atoms with E-state index in [9.17, 15) is 4.79 Å². The molecule has 1 atom stereocenters. The highest BCUT2D eigenvalue weighted by Gasteiger charge is 2.30. The first-order chi connectivity index (χ1) is 14.0. The number of hydrogen-bond donors (Lipinski definition) is 2. The molecule has 1 aliphatic rings. The highest BCUT2D eigenvalue weighted by Crippen LogP contribution is 2.28. The van der Waals surface area contributed by atoms with Crippen molar-refractivity contribution in [3.8, 4) is 5.75 Å². The Bertz CT molecular complexity index is 813. The average Bonchev–Trinajstić information content (AvgIpc) is 2.74. The molecule has 0 unspecified atom stereocenters. The monoisotopic (exact) mass is 396 g/mol. The van der Waals surface area contributed by atoms with E-state index >= 15 is 0 Å². The van der Waals surface area contributed by atoms with Crippen LogP contribution in [-0.2, 0) is 4.79 Å². The number of ether oxygens (including phenoxy) is 1. The summed E-state index contributed by atoms with van der Waals surface area (Å²) in [5, 5.41) is 3.16. The number of piperazine rings is 1. The van der Waals surface area contributed by atoms with Gasteiger partial charge in [0.1, 0.15) is 5.75 Å². The summed E-state index contributed by atoms with van der Waals surface area (Å²) in [6.45, 7) is 12.7. The average molecular weight is 397 g/mol. The maximum absolute atomic E-state index is 12.9. The zero-order chi connectivity index (χ0) is 20.8. The van der Waals surface area contributed by atoms with Crippen molar-refractivity contribution in [2.24, 2.45) is 0 Å². The summed E-state index contributed by atoms with van der Waals surface area (Å²) in [4.78, 5) is 16.6. The predicted octanol–water partition coefficient (Wildman–Crippen LogP) is 2.94. The molecule has 2 N–H and O–H groups in total. The number of carbonyl (C=O) groups excluding carboxylic acids is 1. The lowest BCUT2D eigenvalue weighted by Gasteiger charge is -2.36. The molecule has 156 valence electrons. The minimum atomic E-state index is -0.0838. The number of rotatable bonds is 7. The molecule has 5 nitrogen and oxygen atoms in total. The summed E-state index contributed by atoms with van der Waals surface area (Å²) >= 11 is 0. The van der Waals surface area contributed by atoms with Crippen LogP contribution in [0.3, 0.4) is 0 Å². The topological polar surface area (TPSA) is 46.0 Å². The van der Waals surface area contributed by atoms with Gasteiger partial charge in [-0.15, -0.1) is 0 Å². The second kappa shape index (κ2) is 9.79. The highest BCUT2D eigenvalue weighted by molar-refractivity contribution is 5.94. The second-order valence-electron chi connectivity index (χ2n) is 8.00. The maximum atomic E-state index is 12.9. The number of anilines is 2. The van der Waals surface area contributed by atoms with Crippen molar-refractivity contribution in [1.82, 2.24) is 0 Å². The fraction of sp³-hybridized carbons (Fsp3) is 0.458. The van der Waals surface area contributed by atoms with Gasteiger partial charge in [-0.25, -0.2) is 0 Å². The first-order valence-corrected chi connectivity index (χ1v) is 10.7. The van der Waals surface area contributed by atoms with Crippen LogP contribution in [0.4, 0.5) is 11.4 Å². The van der Waals surface area contributed by atoms with Crippen LogP contribution in [0.1, 0.15) is 39.2 Å². The van der Waals surface area contributed by atoms with E-state index in [0.29, 0.717) is 12.5 Å². The second-order valence-corrected chi connectivity index (χ2v) is 8.00. The van der Waals surface area contributed by atoms with Crippen molar-refractivity contribution in [2.75, 3.05) is 43.0 Å². The molecular weight excluding hydrogens is 362 g/mol. The number of benzene rings is 2. The van der Waals surface area contributed by atoms with Crippen LogP contribution >= 0.6 is 0 Å². The third kappa shape index (κ3) is 5.10. The van der Waals surface area contributed by atoms with Gasteiger partial charge in [0.25, 0.3) is 5.91 Å². The van der Waals surface area contributed by atoms with Gasteiger partial charge in [0.15, 0.2) is 6.04 Å². The lowest BCUT2D eigenvalue weighted by atomic mass is 10.0. The molecule has 1 amide bonds. The largest absolute Gasteiger partial charge is 0.492 e. The van der Waals surface area contributed by atoms with Crippen LogP contribution in [0, 0.1) is 0 Å². The first kappa shape index (κ1) is 21.2. The van der Waals surface area contributed by atoms with Gasteiger partial charge in [-0.2, -0.15) is 0 Å². The zero-order valence-corrected chi connectivity index (χ0v) is 18.1. The molecule has 1 heterocycles. The molecule has 5 heteroatoms. The number of para-hydroxylation sites is 3. The highest BCUT2D eigenvalue weighted by atomic mass is 16.5. The molecule has 3 rings (SSSR count). The van der Waals surface area contributed by atoms with Crippen LogP contribution < -0.4 is 19.9 Å². The summed E-state index contributed by atoms with van der Waals surface area (Å²) < 4.78 is 5.79. The number of nitrogens with one attached hydrogen (secondary N) is 2. The quantitative estimate of drug-likeness (QED) is 0.756. The van der Waals surface area contributed by atoms with E-state index in [1.807, 2.05) is 44.2 Å². The molecule has 0 bridgehead atoms. The van der Waals surface area contributed by atoms with Gasteiger partial charge in [-0.1, -0.05) is 44.2 Å². The summed E-state index contributed by atoms with van der Waals surface area (Å²) in [5.74, 6) is 1.41. The molecule has 2 aromatic carbocycles. The van der Waals surface area contributed by atoms with E-state index in [1.165, 1.54) is 10.5 Å². The van der Waals surface area contributed by atoms with E-state index in [2.05, 4.69) is 42.3 Å². The fourth-order valence-corrected chi connectivity index (χ4v) is 4.00. The Morgan fingerprint density at radius 1 is 1.07 bits per heavy atom. The van der Waals surface area contributed by atoms with Crippen molar-refractivity contribution >= 4 is 17.3 Å². The Morgan fingerprint density at radius 3 is 2.41 bits per heavy atom. The Morgan fingerprint density at radius 2 is 1.72 bits per heavy atom. The molecule has 0 spiro atoms. The SMILES string of the molecule is CCOc1ccccc1N1CC[NH+]([C@@H](C)C(=O)Nc2ccccc2C(C)C)CC1. The van der Waals surface area contributed by atoms with E-state index in [0.717, 1.165) is 43.3 Å². The summed E-state index contributed by atoms with van der Waals surface area (Å²) in [5.41, 5.74) is 3.26. The van der Waals surface area contributed by atoms with Crippen LogP contribution in [0.25, 0.3) is 0 Å². The minimum Gasteiger partial charge on any atom is -0.492 e. The molecule has 1 fully saturated rings. The molecule has 2 aromatic rings. The lowest BCUT2D eigenvalue weighted by molar-refractivity contribution is -0.914. The van der Waals surface area contributed by atoms with Crippen molar-refractivity contribution in [1.29, 1.82) is 0 Å². The van der Waals surface area contributed by atoms with Crippen LogP contribution in [0.15, 0.2) is 48.5 Å². The zero-order valence-electron chi connectivity index (χ0n) is 18.1. The van der Waals surface area contributed by atoms with E-state index in [1.54, 1.807) is 0 Å². The van der Waals surface area contributed by atoms with E-state index in [-0.39, 0.29) is 11.9 Å². The normalized spacial score (nSPS) is 16.0. The number of nitrogens with zero attached hydrogens (tertiary/aromatic N) is 1. The number of quaternary nitrogens is 1. The Hall–Kier alpha value is -2.53. The van der Waals surface area contributed by atoms with Crippen molar-refractivity contribution in [3.05, 3.63) is 54.1 Å². The van der Waals surface area contributed by atoms with E-state index < -0.39 is 0 Å². The summed E-state index contributed by atoms with van der Waals surface area (Å²) in [6.07, 6.45) is 0. The number of hydrogen-bond acceptors (Lipinski definition) is 3. The maximum Gasteiger partial charge on any atom is 0.282 e. The van der Waals surface area contributed by atoms with Gasteiger partial charge < -0.3 is 19.9 Å². The van der Waals surface area contributed by atoms with Gasteiger partial charge in [-0.05, 0) is 43.5 Å². The third-order valence-electron chi connectivity index (χ3n) is 5.76. The molecule has 0 saturated carbocycles. The molecule has 1 saturated heterocycles. The molecule has 1 aliphatic heterocycles. The van der Waals surface area contributed by atoms with Crippen LogP contribution in [0.5, 0.6) is 5.75 Å². The standard InChI is InChI=1S/C24H33N3O2/c1-5-29-23-13-9-8-12-22(23)27-16-14-26(15-17-27)19(4)24(28)25-21-11-7-6-10-20(21)18(2)3/h6-13,18-19H,5,14-17H2,1-4H3,(H,25,28)/p+1/t19-/m0/s1. The molecular formula is C24H34N3O2+. The predicted molar refractivity (Wildman–Crippen MR) is 119 cm³/mol. The Labute approximate surface area is 174 Å². The lowest BCUT2D eigenvalue weighted by Crippen LogP contribution is -3.19. The Kier molecular flexibility index (Phi) is 7.15. The van der Waals surface area contributed by atoms with E-state index in [4.69, 9.17) is 4.74 Å². The molecule has 29 heavy (non-hydrogen) atoms. The van der Waals surface area contributed by atoms with Gasteiger partial charge >= 0.3 is 0 Å². The van der Waals surface area contributed by atoms with Gasteiger partial charge in [0, 0.05) is 5.69 Å². The minimum absolute atomic E-state index is 0.0838. The molecule has 0 aliphatic carbocycles. The number of amides is 1.